The number of nitrogens with zero attached hydrogens (tertiary/aromatic N) is 4. The highest BCUT2D eigenvalue weighted by Crippen LogP contribution is 2.22. The second-order valence-corrected chi connectivity index (χ2v) is 5.28. The molecule has 0 radical (unpaired) electrons. The van der Waals surface area contributed by atoms with Crippen LogP contribution in [0.5, 0.6) is 0 Å². The van der Waals surface area contributed by atoms with E-state index in [1.807, 2.05) is 7.05 Å². The maximum Gasteiger partial charge on any atom is 0.224 e. The Morgan fingerprint density at radius 1 is 1.26 bits per heavy atom. The fraction of sp³-hybridized carbons (Fsp3) is 0.692. The summed E-state index contributed by atoms with van der Waals surface area (Å²) in [6.07, 6.45) is 3.77. The van der Waals surface area contributed by atoms with Crippen molar-refractivity contribution in [3.05, 3.63) is 11.2 Å². The van der Waals surface area contributed by atoms with E-state index in [4.69, 9.17) is 11.6 Å². The van der Waals surface area contributed by atoms with Gasteiger partial charge in [-0.15, -0.1) is 0 Å². The van der Waals surface area contributed by atoms with Gasteiger partial charge in [-0.1, -0.05) is 18.5 Å². The van der Waals surface area contributed by atoms with Gasteiger partial charge in [-0.25, -0.2) is 4.98 Å². The molecule has 0 fully saturated rings. The minimum atomic E-state index is 0.592. The molecule has 0 saturated carbocycles. The van der Waals surface area contributed by atoms with Crippen LogP contribution in [0, 0.1) is 0 Å². The van der Waals surface area contributed by atoms with E-state index < -0.39 is 0 Å². The number of hydrogen-bond acceptors (Lipinski definition) is 5. The molecule has 1 N–H and O–H groups in total. The van der Waals surface area contributed by atoms with Gasteiger partial charge >= 0.3 is 0 Å². The number of nitrogens with one attached hydrogen (secondary N) is 1. The van der Waals surface area contributed by atoms with Crippen LogP contribution in [0.3, 0.4) is 0 Å². The summed E-state index contributed by atoms with van der Waals surface area (Å²) in [5, 5.41) is 3.77. The molecule has 1 rings (SSSR count). The van der Waals surface area contributed by atoms with Crippen LogP contribution < -0.4 is 10.2 Å². The highest BCUT2D eigenvalue weighted by atomic mass is 35.5. The first-order valence-corrected chi connectivity index (χ1v) is 7.04. The third-order valence-electron chi connectivity index (χ3n) is 2.72. The van der Waals surface area contributed by atoms with Gasteiger partial charge in [-0.2, -0.15) is 4.98 Å². The van der Waals surface area contributed by atoms with Gasteiger partial charge in [0.2, 0.25) is 5.95 Å². The summed E-state index contributed by atoms with van der Waals surface area (Å²) in [5.74, 6) is 1.43. The predicted molar refractivity (Wildman–Crippen MR) is 82.3 cm³/mol. The van der Waals surface area contributed by atoms with E-state index in [-0.39, 0.29) is 0 Å². The van der Waals surface area contributed by atoms with Crippen molar-refractivity contribution >= 4 is 23.4 Å². The quantitative estimate of drug-likeness (QED) is 0.794. The molecular weight excluding hydrogens is 262 g/mol. The number of halogens is 1. The van der Waals surface area contributed by atoms with Gasteiger partial charge in [0.15, 0.2) is 5.82 Å². The fourth-order valence-corrected chi connectivity index (χ4v) is 1.91. The summed E-state index contributed by atoms with van der Waals surface area (Å²) in [4.78, 5) is 12.9. The molecule has 0 spiro atoms. The van der Waals surface area contributed by atoms with Gasteiger partial charge in [0.05, 0.1) is 6.20 Å². The third kappa shape index (κ3) is 5.61. The van der Waals surface area contributed by atoms with E-state index in [0.29, 0.717) is 11.0 Å². The highest BCUT2D eigenvalue weighted by molar-refractivity contribution is 6.32. The summed E-state index contributed by atoms with van der Waals surface area (Å²) in [6.45, 7) is 4.94. The average molecular weight is 286 g/mol. The summed E-state index contributed by atoms with van der Waals surface area (Å²) in [7, 11) is 6.16. The number of rotatable bonds is 8. The molecule has 0 bridgehead atoms. The number of aromatic nitrogens is 2. The lowest BCUT2D eigenvalue weighted by molar-refractivity contribution is 0.401. The first-order valence-electron chi connectivity index (χ1n) is 6.67. The predicted octanol–water partition coefficient (Wildman–Crippen LogP) is 2.34. The van der Waals surface area contributed by atoms with Crippen LogP contribution in [0.2, 0.25) is 5.02 Å². The van der Waals surface area contributed by atoms with Crippen molar-refractivity contribution in [2.45, 2.75) is 19.8 Å². The van der Waals surface area contributed by atoms with Gasteiger partial charge in [0.1, 0.15) is 5.02 Å². The molecule has 0 saturated heterocycles. The second kappa shape index (κ2) is 8.17. The molecule has 1 heterocycles. The van der Waals surface area contributed by atoms with Gasteiger partial charge in [0.25, 0.3) is 0 Å². The summed E-state index contributed by atoms with van der Waals surface area (Å²) in [6, 6.07) is 0. The molecular formula is C13H24ClN5. The summed E-state index contributed by atoms with van der Waals surface area (Å²) < 4.78 is 0. The molecule has 0 aliphatic heterocycles. The lowest BCUT2D eigenvalue weighted by Crippen LogP contribution is -2.24. The summed E-state index contributed by atoms with van der Waals surface area (Å²) >= 11 is 6.16. The highest BCUT2D eigenvalue weighted by Gasteiger charge is 2.10. The third-order valence-corrected chi connectivity index (χ3v) is 2.99. The van der Waals surface area contributed by atoms with Crippen molar-refractivity contribution in [2.75, 3.05) is 51.0 Å². The average Bonchev–Trinajstić information content (AvgIpc) is 2.37. The van der Waals surface area contributed by atoms with Crippen molar-refractivity contribution < 1.29 is 0 Å². The first kappa shape index (κ1) is 16.0. The van der Waals surface area contributed by atoms with Crippen molar-refractivity contribution in [1.29, 1.82) is 0 Å². The molecule has 0 aliphatic carbocycles. The largest absolute Gasteiger partial charge is 0.358 e. The molecule has 5 nitrogen and oxygen atoms in total. The van der Waals surface area contributed by atoms with Crippen LogP contribution in [0.1, 0.15) is 19.8 Å². The van der Waals surface area contributed by atoms with E-state index in [9.17, 15) is 0 Å². The first-order chi connectivity index (χ1) is 9.04. The Kier molecular flexibility index (Phi) is 6.87. The van der Waals surface area contributed by atoms with Crippen LogP contribution in [0.25, 0.3) is 0 Å². The second-order valence-electron chi connectivity index (χ2n) is 4.87. The van der Waals surface area contributed by atoms with Crippen LogP contribution in [-0.4, -0.2) is 55.6 Å². The molecule has 1 aromatic rings. The lowest BCUT2D eigenvalue weighted by atomic mass is 10.3. The van der Waals surface area contributed by atoms with E-state index in [2.05, 4.69) is 46.1 Å². The van der Waals surface area contributed by atoms with E-state index in [1.54, 1.807) is 6.20 Å². The van der Waals surface area contributed by atoms with Crippen LogP contribution in [0.4, 0.5) is 11.8 Å². The monoisotopic (exact) mass is 285 g/mol. The SMILES string of the molecule is CCCNc1ncc(Cl)c(N(C)CCCN(C)C)n1. The lowest BCUT2D eigenvalue weighted by Gasteiger charge is -2.20. The van der Waals surface area contributed by atoms with Gasteiger partial charge < -0.3 is 15.1 Å². The van der Waals surface area contributed by atoms with Crippen molar-refractivity contribution in [3.8, 4) is 0 Å². The Morgan fingerprint density at radius 3 is 2.63 bits per heavy atom. The van der Waals surface area contributed by atoms with Crippen LogP contribution in [-0.2, 0) is 0 Å². The van der Waals surface area contributed by atoms with Crippen molar-refractivity contribution in [1.82, 2.24) is 14.9 Å². The molecule has 1 aromatic heterocycles. The Morgan fingerprint density at radius 2 is 2.00 bits per heavy atom. The Bertz CT molecular complexity index is 383. The zero-order valence-electron chi connectivity index (χ0n) is 12.3. The maximum atomic E-state index is 6.16. The fourth-order valence-electron chi connectivity index (χ4n) is 1.68. The standard InChI is InChI=1S/C13H24ClN5/c1-5-7-15-13-16-10-11(14)12(17-13)19(4)9-6-8-18(2)3/h10H,5-9H2,1-4H3,(H,15,16,17). The molecule has 0 unspecified atom stereocenters. The van der Waals surface area contributed by atoms with Gasteiger partial charge in [0, 0.05) is 20.1 Å². The molecule has 6 heteroatoms. The van der Waals surface area contributed by atoms with E-state index in [0.717, 1.165) is 38.3 Å². The Balaban J connectivity index is 2.63. The van der Waals surface area contributed by atoms with Crippen LogP contribution >= 0.6 is 11.6 Å². The van der Waals surface area contributed by atoms with Gasteiger partial charge in [-0.05, 0) is 33.5 Å². The zero-order valence-corrected chi connectivity index (χ0v) is 13.0. The molecule has 0 amide bonds. The molecule has 0 aliphatic rings. The molecule has 0 atom stereocenters. The van der Waals surface area contributed by atoms with E-state index in [1.165, 1.54) is 0 Å². The molecule has 19 heavy (non-hydrogen) atoms. The Hall–Kier alpha value is -1.07. The topological polar surface area (TPSA) is 44.3 Å². The maximum absolute atomic E-state index is 6.16. The summed E-state index contributed by atoms with van der Waals surface area (Å²) in [5.41, 5.74) is 0. The van der Waals surface area contributed by atoms with Gasteiger partial charge in [-0.3, -0.25) is 0 Å². The minimum absolute atomic E-state index is 0.592. The zero-order chi connectivity index (χ0) is 14.3. The smallest absolute Gasteiger partial charge is 0.224 e. The number of anilines is 2. The minimum Gasteiger partial charge on any atom is -0.358 e. The molecule has 108 valence electrons. The van der Waals surface area contributed by atoms with Crippen molar-refractivity contribution in [3.63, 3.8) is 0 Å². The normalized spacial score (nSPS) is 10.8. The number of hydrogen-bond donors (Lipinski definition) is 1. The van der Waals surface area contributed by atoms with E-state index >= 15 is 0 Å². The molecule has 0 aromatic carbocycles. The van der Waals surface area contributed by atoms with Crippen LogP contribution in [0.15, 0.2) is 6.20 Å². The van der Waals surface area contributed by atoms with Crippen molar-refractivity contribution in [2.24, 2.45) is 0 Å². The Labute approximate surface area is 121 Å².